The number of hydrogen-bond acceptors (Lipinski definition) is 2. The lowest BCUT2D eigenvalue weighted by Gasteiger charge is -1.94. The molecule has 0 saturated carbocycles. The molecule has 0 aliphatic rings. The Hall–Kier alpha value is -1.35. The van der Waals surface area contributed by atoms with Crippen molar-refractivity contribution >= 4 is 11.0 Å². The second kappa shape index (κ2) is 3.18. The van der Waals surface area contributed by atoms with Gasteiger partial charge in [0, 0.05) is 13.0 Å². The zero-order chi connectivity index (χ0) is 9.26. The van der Waals surface area contributed by atoms with Crippen LogP contribution in [0, 0.1) is 0 Å². The number of imidazole rings is 1. The lowest BCUT2D eigenvalue weighted by Crippen LogP contribution is -1.95. The lowest BCUT2D eigenvalue weighted by atomic mass is 10.2. The van der Waals surface area contributed by atoms with E-state index < -0.39 is 0 Å². The van der Waals surface area contributed by atoms with Gasteiger partial charge in [0.25, 0.3) is 0 Å². The predicted molar refractivity (Wildman–Crippen MR) is 53.4 cm³/mol. The van der Waals surface area contributed by atoms with Gasteiger partial charge in [0.2, 0.25) is 0 Å². The monoisotopic (exact) mass is 175 g/mol. The van der Waals surface area contributed by atoms with Crippen LogP contribution in [0.2, 0.25) is 0 Å². The molecule has 0 spiro atoms. The highest BCUT2D eigenvalue weighted by molar-refractivity contribution is 5.75. The van der Waals surface area contributed by atoms with Crippen molar-refractivity contribution in [2.75, 3.05) is 0 Å². The van der Waals surface area contributed by atoms with Gasteiger partial charge in [0.15, 0.2) is 0 Å². The van der Waals surface area contributed by atoms with E-state index in [1.165, 1.54) is 0 Å². The minimum Gasteiger partial charge on any atom is -0.342 e. The van der Waals surface area contributed by atoms with Gasteiger partial charge in [-0.1, -0.05) is 13.0 Å². The number of aromatic amines is 1. The predicted octanol–water partition coefficient (Wildman–Crippen LogP) is 1.58. The maximum absolute atomic E-state index is 5.55. The van der Waals surface area contributed by atoms with Gasteiger partial charge in [-0.2, -0.15) is 0 Å². The van der Waals surface area contributed by atoms with Gasteiger partial charge in [0.1, 0.15) is 5.82 Å². The average Bonchev–Trinajstić information content (AvgIpc) is 2.58. The molecule has 3 heteroatoms. The van der Waals surface area contributed by atoms with E-state index in [1.807, 2.05) is 12.1 Å². The van der Waals surface area contributed by atoms with E-state index in [4.69, 9.17) is 5.73 Å². The maximum atomic E-state index is 5.55. The number of rotatable bonds is 2. The molecule has 1 aromatic carbocycles. The summed E-state index contributed by atoms with van der Waals surface area (Å²) < 4.78 is 0. The van der Waals surface area contributed by atoms with Crippen molar-refractivity contribution < 1.29 is 0 Å². The third kappa shape index (κ3) is 1.42. The first kappa shape index (κ1) is 8.26. The minimum atomic E-state index is 0.580. The highest BCUT2D eigenvalue weighted by atomic mass is 14.9. The van der Waals surface area contributed by atoms with Crippen LogP contribution in [0.15, 0.2) is 18.2 Å². The van der Waals surface area contributed by atoms with Crippen molar-refractivity contribution in [3.05, 3.63) is 29.6 Å². The minimum absolute atomic E-state index is 0.580. The summed E-state index contributed by atoms with van der Waals surface area (Å²) in [5.74, 6) is 1.03. The maximum Gasteiger partial charge on any atom is 0.106 e. The summed E-state index contributed by atoms with van der Waals surface area (Å²) in [6.07, 6.45) is 0.937. The van der Waals surface area contributed by atoms with Crippen LogP contribution < -0.4 is 5.73 Å². The van der Waals surface area contributed by atoms with Crippen LogP contribution in [0.4, 0.5) is 0 Å². The first-order valence-corrected chi connectivity index (χ1v) is 4.51. The largest absolute Gasteiger partial charge is 0.342 e. The SMILES string of the molecule is CCc1nc2ccc(CN)cc2[nH]1. The molecule has 2 rings (SSSR count). The normalized spacial score (nSPS) is 10.9. The molecule has 0 atom stereocenters. The Morgan fingerprint density at radius 1 is 1.46 bits per heavy atom. The molecule has 0 unspecified atom stereocenters. The molecular formula is C10H13N3. The van der Waals surface area contributed by atoms with Crippen molar-refractivity contribution in [3.8, 4) is 0 Å². The van der Waals surface area contributed by atoms with Gasteiger partial charge in [-0.05, 0) is 17.7 Å². The molecule has 3 N–H and O–H groups in total. The molecule has 0 fully saturated rings. The molecule has 0 aliphatic heterocycles. The first-order valence-electron chi connectivity index (χ1n) is 4.51. The molecule has 0 bridgehead atoms. The lowest BCUT2D eigenvalue weighted by molar-refractivity contribution is 1.00. The number of H-pyrrole nitrogens is 1. The van der Waals surface area contributed by atoms with Gasteiger partial charge in [-0.3, -0.25) is 0 Å². The van der Waals surface area contributed by atoms with Crippen molar-refractivity contribution in [2.24, 2.45) is 5.73 Å². The van der Waals surface area contributed by atoms with Gasteiger partial charge in [-0.15, -0.1) is 0 Å². The van der Waals surface area contributed by atoms with E-state index in [2.05, 4.69) is 23.0 Å². The quantitative estimate of drug-likeness (QED) is 0.728. The van der Waals surface area contributed by atoms with E-state index in [-0.39, 0.29) is 0 Å². The summed E-state index contributed by atoms with van der Waals surface area (Å²) in [4.78, 5) is 7.66. The van der Waals surface area contributed by atoms with Crippen LogP contribution in [0.25, 0.3) is 11.0 Å². The zero-order valence-corrected chi connectivity index (χ0v) is 7.67. The van der Waals surface area contributed by atoms with Gasteiger partial charge in [0.05, 0.1) is 11.0 Å². The fraction of sp³-hybridized carbons (Fsp3) is 0.300. The third-order valence-corrected chi connectivity index (χ3v) is 2.17. The Bertz CT molecular complexity index is 415. The van der Waals surface area contributed by atoms with E-state index >= 15 is 0 Å². The van der Waals surface area contributed by atoms with Crippen LogP contribution in [0.3, 0.4) is 0 Å². The molecule has 0 radical (unpaired) electrons. The van der Waals surface area contributed by atoms with E-state index in [1.54, 1.807) is 0 Å². The number of nitrogens with one attached hydrogen (secondary N) is 1. The Labute approximate surface area is 77.0 Å². The van der Waals surface area contributed by atoms with Crippen LogP contribution in [-0.2, 0) is 13.0 Å². The second-order valence-electron chi connectivity index (χ2n) is 3.09. The molecule has 1 aromatic heterocycles. The van der Waals surface area contributed by atoms with E-state index in [0.717, 1.165) is 28.8 Å². The Morgan fingerprint density at radius 3 is 3.00 bits per heavy atom. The zero-order valence-electron chi connectivity index (χ0n) is 7.67. The average molecular weight is 175 g/mol. The highest BCUT2D eigenvalue weighted by Gasteiger charge is 2.00. The van der Waals surface area contributed by atoms with Crippen LogP contribution in [0.5, 0.6) is 0 Å². The number of benzene rings is 1. The number of nitrogens with zero attached hydrogens (tertiary/aromatic N) is 1. The fourth-order valence-corrected chi connectivity index (χ4v) is 1.40. The molecule has 2 aromatic rings. The molecule has 3 nitrogen and oxygen atoms in total. The van der Waals surface area contributed by atoms with Gasteiger partial charge >= 0.3 is 0 Å². The number of fused-ring (bicyclic) bond motifs is 1. The van der Waals surface area contributed by atoms with Gasteiger partial charge in [-0.25, -0.2) is 4.98 Å². The molecule has 68 valence electrons. The molecule has 1 heterocycles. The number of aromatic nitrogens is 2. The molecule has 0 saturated heterocycles. The summed E-state index contributed by atoms with van der Waals surface area (Å²) in [7, 11) is 0. The van der Waals surface area contributed by atoms with Gasteiger partial charge < -0.3 is 10.7 Å². The van der Waals surface area contributed by atoms with Crippen molar-refractivity contribution in [1.82, 2.24) is 9.97 Å². The summed E-state index contributed by atoms with van der Waals surface area (Å²) in [6, 6.07) is 6.08. The van der Waals surface area contributed by atoms with Crippen molar-refractivity contribution in [2.45, 2.75) is 19.9 Å². The van der Waals surface area contributed by atoms with Crippen LogP contribution in [-0.4, -0.2) is 9.97 Å². The first-order chi connectivity index (χ1) is 6.33. The summed E-state index contributed by atoms with van der Waals surface area (Å²) in [6.45, 7) is 2.66. The number of nitrogens with two attached hydrogens (primary N) is 1. The summed E-state index contributed by atoms with van der Waals surface area (Å²) >= 11 is 0. The van der Waals surface area contributed by atoms with Crippen LogP contribution in [0.1, 0.15) is 18.3 Å². The molecule has 13 heavy (non-hydrogen) atoms. The fourth-order valence-electron chi connectivity index (χ4n) is 1.40. The standard InChI is InChI=1S/C10H13N3/c1-2-10-12-8-4-3-7(6-11)5-9(8)13-10/h3-5H,2,6,11H2,1H3,(H,12,13). The topological polar surface area (TPSA) is 54.7 Å². The second-order valence-corrected chi connectivity index (χ2v) is 3.09. The summed E-state index contributed by atoms with van der Waals surface area (Å²) in [5, 5.41) is 0. The van der Waals surface area contributed by atoms with Crippen molar-refractivity contribution in [3.63, 3.8) is 0 Å². The molecule has 0 aliphatic carbocycles. The highest BCUT2D eigenvalue weighted by Crippen LogP contribution is 2.13. The van der Waals surface area contributed by atoms with Crippen molar-refractivity contribution in [1.29, 1.82) is 0 Å². The Balaban J connectivity index is 2.57. The summed E-state index contributed by atoms with van der Waals surface area (Å²) in [5.41, 5.74) is 8.79. The number of aryl methyl sites for hydroxylation is 1. The smallest absolute Gasteiger partial charge is 0.106 e. The van der Waals surface area contributed by atoms with E-state index in [0.29, 0.717) is 6.54 Å². The Morgan fingerprint density at radius 2 is 2.31 bits per heavy atom. The molecular weight excluding hydrogens is 162 g/mol. The molecule has 0 amide bonds. The number of hydrogen-bond donors (Lipinski definition) is 2. The van der Waals surface area contributed by atoms with E-state index in [9.17, 15) is 0 Å². The Kier molecular flexibility index (Phi) is 2.02. The third-order valence-electron chi connectivity index (χ3n) is 2.17. The van der Waals surface area contributed by atoms with Crippen LogP contribution >= 0.6 is 0 Å².